The summed E-state index contributed by atoms with van der Waals surface area (Å²) >= 11 is 0. The lowest BCUT2D eigenvalue weighted by molar-refractivity contribution is 0.239. The number of aliphatic hydroxyl groups excluding tert-OH is 1. The maximum atomic E-state index is 11.1. The molecule has 0 bridgehead atoms. The Labute approximate surface area is 70.0 Å². The number of rotatable bonds is 3. The van der Waals surface area contributed by atoms with Crippen molar-refractivity contribution in [3.63, 3.8) is 0 Å². The van der Waals surface area contributed by atoms with E-state index in [2.05, 4.69) is 10.3 Å². The van der Waals surface area contributed by atoms with Gasteiger partial charge in [0, 0.05) is 25.5 Å². The number of carbonyl (C=O) groups excluding carboxylic acids is 1. The molecule has 0 aromatic carbocycles. The van der Waals surface area contributed by atoms with Crippen LogP contribution in [0.15, 0.2) is 18.7 Å². The summed E-state index contributed by atoms with van der Waals surface area (Å²) in [4.78, 5) is 14.8. The molecule has 1 aromatic rings. The van der Waals surface area contributed by atoms with E-state index in [1.54, 1.807) is 6.20 Å². The first-order valence-corrected chi connectivity index (χ1v) is 3.71. The van der Waals surface area contributed by atoms with Gasteiger partial charge >= 0.3 is 6.03 Å². The molecule has 0 radical (unpaired) electrons. The van der Waals surface area contributed by atoms with E-state index in [-0.39, 0.29) is 12.6 Å². The molecule has 66 valence electrons. The summed E-state index contributed by atoms with van der Waals surface area (Å²) in [5.41, 5.74) is 0. The van der Waals surface area contributed by atoms with E-state index < -0.39 is 0 Å². The molecular formula is C7H11N3O2. The van der Waals surface area contributed by atoms with Gasteiger partial charge in [-0.15, -0.1) is 0 Å². The molecule has 5 nitrogen and oxygen atoms in total. The zero-order valence-electron chi connectivity index (χ0n) is 6.60. The van der Waals surface area contributed by atoms with Crippen molar-refractivity contribution in [3.05, 3.63) is 18.7 Å². The van der Waals surface area contributed by atoms with Gasteiger partial charge in [-0.3, -0.25) is 4.57 Å². The Balaban J connectivity index is 2.30. The standard InChI is InChI=1S/C7H11N3O2/c11-5-1-2-9-7(12)10-4-3-8-6-10/h3-4,6,11H,1-2,5H2,(H,9,12). The predicted octanol–water partition coefficient (Wildman–Crippen LogP) is -0.177. The Bertz CT molecular complexity index is 233. The number of nitrogens with one attached hydrogen (secondary N) is 1. The Morgan fingerprint density at radius 1 is 1.67 bits per heavy atom. The zero-order valence-corrected chi connectivity index (χ0v) is 6.60. The highest BCUT2D eigenvalue weighted by molar-refractivity contribution is 5.76. The maximum Gasteiger partial charge on any atom is 0.326 e. The van der Waals surface area contributed by atoms with Crippen LogP contribution in [0.25, 0.3) is 0 Å². The predicted molar refractivity (Wildman–Crippen MR) is 42.7 cm³/mol. The van der Waals surface area contributed by atoms with Crippen molar-refractivity contribution in [3.8, 4) is 0 Å². The molecule has 0 aliphatic heterocycles. The van der Waals surface area contributed by atoms with Crippen molar-refractivity contribution in [1.29, 1.82) is 0 Å². The van der Waals surface area contributed by atoms with Gasteiger partial charge in [-0.1, -0.05) is 0 Å². The summed E-state index contributed by atoms with van der Waals surface area (Å²) in [7, 11) is 0. The minimum Gasteiger partial charge on any atom is -0.396 e. The molecule has 12 heavy (non-hydrogen) atoms. The number of hydrogen-bond donors (Lipinski definition) is 2. The second-order valence-corrected chi connectivity index (χ2v) is 2.28. The minimum atomic E-state index is -0.221. The first-order chi connectivity index (χ1) is 5.84. The molecule has 0 saturated carbocycles. The van der Waals surface area contributed by atoms with Crippen LogP contribution in [0.4, 0.5) is 4.79 Å². The van der Waals surface area contributed by atoms with Crippen LogP contribution in [0, 0.1) is 0 Å². The lowest BCUT2D eigenvalue weighted by Gasteiger charge is -2.02. The van der Waals surface area contributed by atoms with Gasteiger partial charge in [0.05, 0.1) is 0 Å². The average molecular weight is 169 g/mol. The summed E-state index contributed by atoms with van der Waals surface area (Å²) in [5.74, 6) is 0. The Kier molecular flexibility index (Phi) is 3.28. The monoisotopic (exact) mass is 169 g/mol. The molecule has 0 aliphatic carbocycles. The number of amides is 1. The topological polar surface area (TPSA) is 67.2 Å². The molecule has 5 heteroatoms. The first-order valence-electron chi connectivity index (χ1n) is 3.71. The van der Waals surface area contributed by atoms with E-state index in [4.69, 9.17) is 5.11 Å². The van der Waals surface area contributed by atoms with Crippen LogP contribution >= 0.6 is 0 Å². The quantitative estimate of drug-likeness (QED) is 0.617. The van der Waals surface area contributed by atoms with Gasteiger partial charge in [0.2, 0.25) is 0 Å². The molecule has 1 aromatic heterocycles. The highest BCUT2D eigenvalue weighted by atomic mass is 16.3. The number of carbonyl (C=O) groups is 1. The van der Waals surface area contributed by atoms with E-state index in [1.807, 2.05) is 0 Å². The number of aromatic nitrogens is 2. The van der Waals surface area contributed by atoms with Crippen molar-refractivity contribution >= 4 is 6.03 Å². The highest BCUT2D eigenvalue weighted by Gasteiger charge is 1.99. The molecule has 0 atom stereocenters. The van der Waals surface area contributed by atoms with Gasteiger partial charge in [0.25, 0.3) is 0 Å². The van der Waals surface area contributed by atoms with E-state index in [1.165, 1.54) is 17.1 Å². The van der Waals surface area contributed by atoms with Crippen LogP contribution in [-0.2, 0) is 0 Å². The molecule has 0 saturated heterocycles. The smallest absolute Gasteiger partial charge is 0.326 e. The zero-order chi connectivity index (χ0) is 8.81. The van der Waals surface area contributed by atoms with Crippen molar-refractivity contribution in [2.24, 2.45) is 0 Å². The van der Waals surface area contributed by atoms with Gasteiger partial charge in [-0.25, -0.2) is 9.78 Å². The van der Waals surface area contributed by atoms with Crippen molar-refractivity contribution in [1.82, 2.24) is 14.9 Å². The number of aliphatic hydroxyl groups is 1. The molecule has 0 unspecified atom stereocenters. The third-order valence-corrected chi connectivity index (χ3v) is 1.35. The molecule has 1 amide bonds. The molecule has 0 fully saturated rings. The molecule has 0 spiro atoms. The van der Waals surface area contributed by atoms with Crippen LogP contribution in [0.5, 0.6) is 0 Å². The summed E-state index contributed by atoms with van der Waals surface area (Å²) in [6.07, 6.45) is 5.09. The van der Waals surface area contributed by atoms with Crippen molar-refractivity contribution in [2.45, 2.75) is 6.42 Å². The lowest BCUT2D eigenvalue weighted by Crippen LogP contribution is -2.28. The number of imidazole rings is 1. The Morgan fingerprint density at radius 2 is 2.50 bits per heavy atom. The number of nitrogens with zero attached hydrogens (tertiary/aromatic N) is 2. The van der Waals surface area contributed by atoms with E-state index in [9.17, 15) is 4.79 Å². The van der Waals surface area contributed by atoms with Gasteiger partial charge in [-0.2, -0.15) is 0 Å². The Morgan fingerprint density at radius 3 is 3.08 bits per heavy atom. The molecule has 0 aliphatic rings. The minimum absolute atomic E-state index is 0.0875. The fraction of sp³-hybridized carbons (Fsp3) is 0.429. The van der Waals surface area contributed by atoms with E-state index in [0.29, 0.717) is 13.0 Å². The lowest BCUT2D eigenvalue weighted by atomic mass is 10.4. The van der Waals surface area contributed by atoms with Gasteiger partial charge in [0.1, 0.15) is 6.33 Å². The molecular weight excluding hydrogens is 158 g/mol. The normalized spacial score (nSPS) is 9.75. The summed E-state index contributed by atoms with van der Waals surface area (Å²) < 4.78 is 1.34. The van der Waals surface area contributed by atoms with Gasteiger partial charge in [0.15, 0.2) is 0 Å². The average Bonchev–Trinajstić information content (AvgIpc) is 2.56. The maximum absolute atomic E-state index is 11.1. The van der Waals surface area contributed by atoms with E-state index >= 15 is 0 Å². The van der Waals surface area contributed by atoms with Crippen LogP contribution < -0.4 is 5.32 Å². The third kappa shape index (κ3) is 2.35. The van der Waals surface area contributed by atoms with Crippen LogP contribution in [0.3, 0.4) is 0 Å². The fourth-order valence-corrected chi connectivity index (χ4v) is 0.745. The first kappa shape index (κ1) is 8.73. The Hall–Kier alpha value is -1.36. The highest BCUT2D eigenvalue weighted by Crippen LogP contribution is 1.84. The fourth-order valence-electron chi connectivity index (χ4n) is 0.745. The van der Waals surface area contributed by atoms with Crippen molar-refractivity contribution in [2.75, 3.05) is 13.2 Å². The molecule has 1 heterocycles. The second kappa shape index (κ2) is 4.50. The summed E-state index contributed by atoms with van der Waals surface area (Å²) in [6, 6.07) is -0.221. The van der Waals surface area contributed by atoms with E-state index in [0.717, 1.165) is 0 Å². The van der Waals surface area contributed by atoms with Crippen LogP contribution in [0.2, 0.25) is 0 Å². The van der Waals surface area contributed by atoms with Crippen molar-refractivity contribution < 1.29 is 9.90 Å². The van der Waals surface area contributed by atoms with Crippen LogP contribution in [-0.4, -0.2) is 33.8 Å². The van der Waals surface area contributed by atoms with Gasteiger partial charge in [-0.05, 0) is 6.42 Å². The molecule has 1 rings (SSSR count). The molecule has 2 N–H and O–H groups in total. The summed E-state index contributed by atoms with van der Waals surface area (Å²) in [6.45, 7) is 0.567. The second-order valence-electron chi connectivity index (χ2n) is 2.28. The number of hydrogen-bond acceptors (Lipinski definition) is 3. The largest absolute Gasteiger partial charge is 0.396 e. The SMILES string of the molecule is O=C(NCCCO)n1ccnc1. The summed E-state index contributed by atoms with van der Waals surface area (Å²) in [5, 5.41) is 11.0. The van der Waals surface area contributed by atoms with Gasteiger partial charge < -0.3 is 10.4 Å². The van der Waals surface area contributed by atoms with Crippen LogP contribution in [0.1, 0.15) is 6.42 Å². The third-order valence-electron chi connectivity index (χ3n) is 1.35.